The summed E-state index contributed by atoms with van der Waals surface area (Å²) < 4.78 is 5.03. The third-order valence-corrected chi connectivity index (χ3v) is 4.47. The van der Waals surface area contributed by atoms with E-state index in [4.69, 9.17) is 4.74 Å². The number of likely N-dealkylation sites (N-methyl/N-ethyl adjacent to an activating group) is 1. The first-order chi connectivity index (χ1) is 9.70. The fourth-order valence-corrected chi connectivity index (χ4v) is 2.80. The number of likely N-dealkylation sites (tertiary alicyclic amines) is 1. The van der Waals surface area contributed by atoms with Gasteiger partial charge in [-0.25, -0.2) is 0 Å². The van der Waals surface area contributed by atoms with Crippen LogP contribution in [0.15, 0.2) is 0 Å². The van der Waals surface area contributed by atoms with E-state index in [0.29, 0.717) is 18.5 Å². The summed E-state index contributed by atoms with van der Waals surface area (Å²) in [6.07, 6.45) is 4.77. The van der Waals surface area contributed by atoms with E-state index in [-0.39, 0.29) is 0 Å². The van der Waals surface area contributed by atoms with Crippen LogP contribution in [-0.4, -0.2) is 75.2 Å². The predicted molar refractivity (Wildman–Crippen MR) is 79.7 cm³/mol. The molecule has 1 aliphatic carbocycles. The smallest absolute Gasteiger partial charge is 0.236 e. The van der Waals surface area contributed by atoms with E-state index in [0.717, 1.165) is 38.7 Å². The van der Waals surface area contributed by atoms with Gasteiger partial charge in [0, 0.05) is 26.7 Å². The monoisotopic (exact) mass is 283 g/mol. The van der Waals surface area contributed by atoms with Gasteiger partial charge in [-0.2, -0.15) is 0 Å². The van der Waals surface area contributed by atoms with E-state index in [1.807, 2.05) is 11.9 Å². The van der Waals surface area contributed by atoms with Gasteiger partial charge in [-0.1, -0.05) is 0 Å². The number of hydrogen-bond acceptors (Lipinski definition) is 4. The molecule has 2 fully saturated rings. The highest BCUT2D eigenvalue weighted by atomic mass is 16.5. The number of rotatable bonds is 8. The molecule has 5 heteroatoms. The second-order valence-corrected chi connectivity index (χ2v) is 6.15. The largest absolute Gasteiger partial charge is 0.383 e. The number of amides is 1. The van der Waals surface area contributed by atoms with Crippen molar-refractivity contribution in [3.63, 3.8) is 0 Å². The molecule has 5 nitrogen and oxygen atoms in total. The molecule has 0 aromatic heterocycles. The lowest BCUT2D eigenvalue weighted by Gasteiger charge is -2.32. The zero-order valence-corrected chi connectivity index (χ0v) is 12.9. The highest BCUT2D eigenvalue weighted by Crippen LogP contribution is 2.25. The Bertz CT molecular complexity index is 299. The van der Waals surface area contributed by atoms with Crippen molar-refractivity contribution in [3.8, 4) is 0 Å². The summed E-state index contributed by atoms with van der Waals surface area (Å²) in [6, 6.07) is 0.532. The minimum absolute atomic E-state index is 0.296. The Hall–Kier alpha value is -0.650. The van der Waals surface area contributed by atoms with Crippen LogP contribution in [0.2, 0.25) is 0 Å². The minimum atomic E-state index is 0.296. The number of nitrogens with one attached hydrogen (secondary N) is 1. The average molecular weight is 283 g/mol. The van der Waals surface area contributed by atoms with E-state index in [1.54, 1.807) is 7.11 Å². The number of hydrogen-bond donors (Lipinski definition) is 1. The Morgan fingerprint density at radius 2 is 2.00 bits per heavy atom. The number of piperidine rings is 1. The normalized spacial score (nSPS) is 21.1. The molecule has 0 spiro atoms. The average Bonchev–Trinajstić information content (AvgIpc) is 3.29. The SMILES string of the molecule is COCCNCC1CCN(CC(=O)N(C)C2CC2)CC1. The lowest BCUT2D eigenvalue weighted by atomic mass is 9.97. The van der Waals surface area contributed by atoms with E-state index in [2.05, 4.69) is 10.2 Å². The van der Waals surface area contributed by atoms with Crippen molar-refractivity contribution >= 4 is 5.91 Å². The number of methoxy groups -OCH3 is 1. The van der Waals surface area contributed by atoms with Crippen molar-refractivity contribution in [2.45, 2.75) is 31.7 Å². The molecule has 0 atom stereocenters. The Kier molecular flexibility index (Phi) is 6.26. The molecule has 0 aromatic rings. The van der Waals surface area contributed by atoms with E-state index < -0.39 is 0 Å². The van der Waals surface area contributed by atoms with Gasteiger partial charge in [0.1, 0.15) is 0 Å². The van der Waals surface area contributed by atoms with E-state index >= 15 is 0 Å². The number of carbonyl (C=O) groups excluding carboxylic acids is 1. The van der Waals surface area contributed by atoms with Crippen molar-refractivity contribution in [3.05, 3.63) is 0 Å². The second kappa shape index (κ2) is 7.96. The van der Waals surface area contributed by atoms with Crippen LogP contribution in [0.4, 0.5) is 0 Å². The van der Waals surface area contributed by atoms with Gasteiger partial charge < -0.3 is 15.0 Å². The molecule has 2 aliphatic rings. The molecular formula is C15H29N3O2. The lowest BCUT2D eigenvalue weighted by Crippen LogP contribution is -2.44. The van der Waals surface area contributed by atoms with Gasteiger partial charge in [0.15, 0.2) is 0 Å². The molecule has 2 rings (SSSR count). The first-order valence-corrected chi connectivity index (χ1v) is 7.88. The standard InChI is InChI=1S/C15H29N3O2/c1-17(14-3-4-14)15(19)12-18-8-5-13(6-9-18)11-16-7-10-20-2/h13-14,16H,3-12H2,1-2H3. The van der Waals surface area contributed by atoms with Crippen LogP contribution >= 0.6 is 0 Å². The van der Waals surface area contributed by atoms with Gasteiger partial charge in [0.25, 0.3) is 0 Å². The van der Waals surface area contributed by atoms with Crippen LogP contribution in [0.3, 0.4) is 0 Å². The summed E-state index contributed by atoms with van der Waals surface area (Å²) in [4.78, 5) is 16.3. The summed E-state index contributed by atoms with van der Waals surface area (Å²) >= 11 is 0. The van der Waals surface area contributed by atoms with Gasteiger partial charge >= 0.3 is 0 Å². The molecule has 1 heterocycles. The van der Waals surface area contributed by atoms with Crippen molar-refractivity contribution in [1.82, 2.24) is 15.1 Å². The maximum atomic E-state index is 12.1. The molecule has 20 heavy (non-hydrogen) atoms. The molecule has 1 saturated heterocycles. The maximum absolute atomic E-state index is 12.1. The Morgan fingerprint density at radius 1 is 1.30 bits per heavy atom. The fraction of sp³-hybridized carbons (Fsp3) is 0.933. The van der Waals surface area contributed by atoms with E-state index in [1.165, 1.54) is 25.7 Å². The summed E-state index contributed by atoms with van der Waals surface area (Å²) in [7, 11) is 3.68. The third kappa shape index (κ3) is 5.04. The van der Waals surface area contributed by atoms with Crippen LogP contribution in [0.1, 0.15) is 25.7 Å². The molecule has 0 unspecified atom stereocenters. The quantitative estimate of drug-likeness (QED) is 0.661. The summed E-state index contributed by atoms with van der Waals surface area (Å²) in [5.74, 6) is 1.04. The highest BCUT2D eigenvalue weighted by Gasteiger charge is 2.30. The van der Waals surface area contributed by atoms with Crippen LogP contribution in [0.5, 0.6) is 0 Å². The zero-order valence-electron chi connectivity index (χ0n) is 12.9. The van der Waals surface area contributed by atoms with Gasteiger partial charge in [-0.05, 0) is 51.2 Å². The molecule has 0 radical (unpaired) electrons. The summed E-state index contributed by atoms with van der Waals surface area (Å²) in [5.41, 5.74) is 0. The molecule has 1 amide bonds. The molecule has 1 aliphatic heterocycles. The number of carbonyl (C=O) groups is 1. The Labute approximate surface area is 122 Å². The first-order valence-electron chi connectivity index (χ1n) is 7.88. The topological polar surface area (TPSA) is 44.8 Å². The third-order valence-electron chi connectivity index (χ3n) is 4.47. The molecule has 0 aromatic carbocycles. The molecule has 1 saturated carbocycles. The van der Waals surface area contributed by atoms with Crippen molar-refractivity contribution in [1.29, 1.82) is 0 Å². The highest BCUT2D eigenvalue weighted by molar-refractivity contribution is 5.78. The van der Waals surface area contributed by atoms with Crippen LogP contribution in [-0.2, 0) is 9.53 Å². The van der Waals surface area contributed by atoms with Crippen molar-refractivity contribution < 1.29 is 9.53 Å². The molecular weight excluding hydrogens is 254 g/mol. The van der Waals surface area contributed by atoms with Gasteiger partial charge in [-0.15, -0.1) is 0 Å². The number of nitrogens with zero attached hydrogens (tertiary/aromatic N) is 2. The van der Waals surface area contributed by atoms with Crippen LogP contribution in [0.25, 0.3) is 0 Å². The molecule has 1 N–H and O–H groups in total. The van der Waals surface area contributed by atoms with Gasteiger partial charge in [0.05, 0.1) is 13.2 Å². The fourth-order valence-electron chi connectivity index (χ4n) is 2.80. The predicted octanol–water partition coefficient (Wildman–Crippen LogP) is 0.555. The van der Waals surface area contributed by atoms with E-state index in [9.17, 15) is 4.79 Å². The first kappa shape index (κ1) is 15.7. The summed E-state index contributed by atoms with van der Waals surface area (Å²) in [5, 5.41) is 3.43. The van der Waals surface area contributed by atoms with Crippen LogP contribution in [0, 0.1) is 5.92 Å². The minimum Gasteiger partial charge on any atom is -0.383 e. The zero-order chi connectivity index (χ0) is 14.4. The lowest BCUT2D eigenvalue weighted by molar-refractivity contribution is -0.131. The van der Waals surface area contributed by atoms with Gasteiger partial charge in [-0.3, -0.25) is 9.69 Å². The second-order valence-electron chi connectivity index (χ2n) is 6.15. The van der Waals surface area contributed by atoms with Crippen molar-refractivity contribution in [2.24, 2.45) is 5.92 Å². The van der Waals surface area contributed by atoms with Crippen LogP contribution < -0.4 is 5.32 Å². The number of ether oxygens (including phenoxy) is 1. The Morgan fingerprint density at radius 3 is 2.60 bits per heavy atom. The van der Waals surface area contributed by atoms with Crippen molar-refractivity contribution in [2.75, 3.05) is 53.5 Å². The summed E-state index contributed by atoms with van der Waals surface area (Å²) in [6.45, 7) is 5.51. The molecule has 116 valence electrons. The molecule has 0 bridgehead atoms. The maximum Gasteiger partial charge on any atom is 0.236 e. The Balaban J connectivity index is 1.57. The van der Waals surface area contributed by atoms with Gasteiger partial charge in [0.2, 0.25) is 5.91 Å².